The summed E-state index contributed by atoms with van der Waals surface area (Å²) in [6, 6.07) is 16.9. The normalized spacial score (nSPS) is 11.1. The molecular weight excluding hydrogens is 444 g/mol. The maximum atomic E-state index is 11.4. The number of nitriles is 1. The minimum atomic E-state index is -0.772. The highest BCUT2D eigenvalue weighted by molar-refractivity contribution is 5.89. The van der Waals surface area contributed by atoms with Crippen molar-refractivity contribution in [1.29, 1.82) is 5.26 Å². The van der Waals surface area contributed by atoms with E-state index >= 15 is 0 Å². The van der Waals surface area contributed by atoms with E-state index in [1.807, 2.05) is 6.07 Å². The van der Waals surface area contributed by atoms with Gasteiger partial charge in [0.2, 0.25) is 11.6 Å². The monoisotopic (exact) mass is 458 g/mol. The molecule has 0 saturated heterocycles. The van der Waals surface area contributed by atoms with Gasteiger partial charge in [0, 0.05) is 6.07 Å². The van der Waals surface area contributed by atoms with Crippen molar-refractivity contribution < 1.29 is 23.7 Å². The number of allylic oxidation sites excluding steroid dienone is 1. The Labute approximate surface area is 191 Å². The number of rotatable bonds is 7. The second-order valence-corrected chi connectivity index (χ2v) is 6.84. The van der Waals surface area contributed by atoms with Crippen molar-refractivity contribution in [1.82, 2.24) is 4.98 Å². The molecule has 0 amide bonds. The molecule has 11 nitrogen and oxygen atoms in total. The van der Waals surface area contributed by atoms with Crippen LogP contribution in [0, 0.1) is 31.6 Å². The van der Waals surface area contributed by atoms with Gasteiger partial charge < -0.3 is 13.9 Å². The van der Waals surface area contributed by atoms with Gasteiger partial charge in [-0.15, -0.1) is 0 Å². The number of para-hydroxylation sites is 2. The quantitative estimate of drug-likeness (QED) is 0.198. The Bertz CT molecular complexity index is 1470. The molecule has 1 heterocycles. The third-order valence-electron chi connectivity index (χ3n) is 4.71. The summed E-state index contributed by atoms with van der Waals surface area (Å²) in [5, 5.41) is 31.9. The SMILES string of the molecule is COc1cc(/C=C(\C#N)c2nc3ccccc3o2)ccc1Oc1ccc([N+](=O)[O-])cc1[N+](=O)[O-]. The summed E-state index contributed by atoms with van der Waals surface area (Å²) < 4.78 is 16.6. The van der Waals surface area contributed by atoms with Gasteiger partial charge in [0.25, 0.3) is 5.69 Å². The predicted molar refractivity (Wildman–Crippen MR) is 120 cm³/mol. The molecule has 0 radical (unpaired) electrons. The lowest BCUT2D eigenvalue weighted by Crippen LogP contribution is -1.97. The van der Waals surface area contributed by atoms with Gasteiger partial charge >= 0.3 is 5.69 Å². The summed E-state index contributed by atoms with van der Waals surface area (Å²) in [4.78, 5) is 25.1. The van der Waals surface area contributed by atoms with Crippen LogP contribution in [-0.4, -0.2) is 21.9 Å². The van der Waals surface area contributed by atoms with Crippen LogP contribution in [-0.2, 0) is 0 Å². The van der Waals surface area contributed by atoms with Crippen LogP contribution >= 0.6 is 0 Å². The van der Waals surface area contributed by atoms with E-state index in [1.165, 1.54) is 13.2 Å². The number of aromatic nitrogens is 1. The van der Waals surface area contributed by atoms with Crippen molar-refractivity contribution in [3.05, 3.63) is 92.3 Å². The van der Waals surface area contributed by atoms with Crippen LogP contribution in [0.5, 0.6) is 17.2 Å². The van der Waals surface area contributed by atoms with Gasteiger partial charge in [-0.05, 0) is 42.0 Å². The van der Waals surface area contributed by atoms with Crippen LogP contribution in [0.15, 0.2) is 65.1 Å². The number of nitrogens with zero attached hydrogens (tertiary/aromatic N) is 4. The van der Waals surface area contributed by atoms with Crippen LogP contribution in [0.2, 0.25) is 0 Å². The van der Waals surface area contributed by atoms with Gasteiger partial charge in [-0.25, -0.2) is 4.98 Å². The molecule has 168 valence electrons. The zero-order valence-corrected chi connectivity index (χ0v) is 17.5. The fourth-order valence-corrected chi connectivity index (χ4v) is 3.12. The molecule has 0 aliphatic rings. The standard InChI is InChI=1S/C23H14N4O7/c1-32-22-11-14(10-15(13-24)23-25-17-4-2-3-5-19(17)34-23)6-8-21(22)33-20-9-7-16(26(28)29)12-18(20)27(30)31/h2-12H,1H3/b15-10+. The Morgan fingerprint density at radius 3 is 2.47 bits per heavy atom. The number of fused-ring (bicyclic) bond motifs is 1. The minimum Gasteiger partial charge on any atom is -0.493 e. The summed E-state index contributed by atoms with van der Waals surface area (Å²) in [6.45, 7) is 0. The summed E-state index contributed by atoms with van der Waals surface area (Å²) in [7, 11) is 1.38. The number of benzene rings is 3. The van der Waals surface area contributed by atoms with Crippen LogP contribution in [0.3, 0.4) is 0 Å². The zero-order chi connectivity index (χ0) is 24.2. The Hall–Kier alpha value is -5.24. The molecule has 0 bridgehead atoms. The summed E-state index contributed by atoms with van der Waals surface area (Å²) >= 11 is 0. The highest BCUT2D eigenvalue weighted by atomic mass is 16.6. The fraction of sp³-hybridized carbons (Fsp3) is 0.0435. The molecule has 0 fully saturated rings. The number of nitro groups is 2. The van der Waals surface area contributed by atoms with E-state index in [4.69, 9.17) is 13.9 Å². The lowest BCUT2D eigenvalue weighted by atomic mass is 10.1. The second kappa shape index (κ2) is 9.09. The van der Waals surface area contributed by atoms with E-state index in [0.717, 1.165) is 18.2 Å². The van der Waals surface area contributed by atoms with Crippen LogP contribution in [0.25, 0.3) is 22.7 Å². The third kappa shape index (κ3) is 4.37. The van der Waals surface area contributed by atoms with Gasteiger partial charge in [0.05, 0.1) is 23.0 Å². The van der Waals surface area contributed by atoms with Gasteiger partial charge in [0.15, 0.2) is 17.1 Å². The van der Waals surface area contributed by atoms with E-state index in [1.54, 1.807) is 36.4 Å². The average Bonchev–Trinajstić information content (AvgIpc) is 3.27. The zero-order valence-electron chi connectivity index (χ0n) is 17.5. The minimum absolute atomic E-state index is 0.136. The van der Waals surface area contributed by atoms with E-state index < -0.39 is 21.2 Å². The highest BCUT2D eigenvalue weighted by Gasteiger charge is 2.22. The molecule has 3 aromatic carbocycles. The first-order valence-corrected chi connectivity index (χ1v) is 9.66. The number of non-ortho nitro benzene ring substituents is 1. The van der Waals surface area contributed by atoms with Crippen LogP contribution in [0.4, 0.5) is 11.4 Å². The lowest BCUT2D eigenvalue weighted by molar-refractivity contribution is -0.394. The van der Waals surface area contributed by atoms with E-state index in [9.17, 15) is 25.5 Å². The largest absolute Gasteiger partial charge is 0.493 e. The highest BCUT2D eigenvalue weighted by Crippen LogP contribution is 2.38. The molecule has 11 heteroatoms. The first-order chi connectivity index (χ1) is 16.4. The molecular formula is C23H14N4O7. The van der Waals surface area contributed by atoms with Gasteiger partial charge in [0.1, 0.15) is 17.2 Å². The van der Waals surface area contributed by atoms with Gasteiger partial charge in [-0.1, -0.05) is 18.2 Å². The molecule has 0 aliphatic heterocycles. The molecule has 0 unspecified atom stereocenters. The number of hydrogen-bond donors (Lipinski definition) is 0. The molecule has 1 aromatic heterocycles. The van der Waals surface area contributed by atoms with E-state index in [-0.39, 0.29) is 28.7 Å². The first-order valence-electron chi connectivity index (χ1n) is 9.66. The number of nitro benzene ring substituents is 2. The number of methoxy groups -OCH3 is 1. The molecule has 4 aromatic rings. The fourth-order valence-electron chi connectivity index (χ4n) is 3.12. The molecule has 0 aliphatic carbocycles. The van der Waals surface area contributed by atoms with Crippen molar-refractivity contribution in [3.8, 4) is 23.3 Å². The van der Waals surface area contributed by atoms with Crippen LogP contribution < -0.4 is 9.47 Å². The van der Waals surface area contributed by atoms with Crippen molar-refractivity contribution in [2.75, 3.05) is 7.11 Å². The second-order valence-electron chi connectivity index (χ2n) is 6.84. The van der Waals surface area contributed by atoms with Crippen molar-refractivity contribution >= 4 is 34.1 Å². The Morgan fingerprint density at radius 1 is 1.03 bits per heavy atom. The molecule has 34 heavy (non-hydrogen) atoms. The van der Waals surface area contributed by atoms with Crippen LogP contribution in [0.1, 0.15) is 11.5 Å². The number of hydrogen-bond acceptors (Lipinski definition) is 9. The summed E-state index contributed by atoms with van der Waals surface area (Å²) in [5.41, 5.74) is 0.895. The maximum Gasteiger partial charge on any atom is 0.318 e. The molecule has 0 atom stereocenters. The molecule has 0 N–H and O–H groups in total. The van der Waals surface area contributed by atoms with Crippen molar-refractivity contribution in [2.45, 2.75) is 0 Å². The predicted octanol–water partition coefficient (Wildman–Crippen LogP) is 5.51. The van der Waals surface area contributed by atoms with Crippen molar-refractivity contribution in [2.24, 2.45) is 0 Å². The number of oxazole rings is 1. The van der Waals surface area contributed by atoms with Crippen molar-refractivity contribution in [3.63, 3.8) is 0 Å². The molecule has 4 rings (SSSR count). The number of ether oxygens (including phenoxy) is 2. The molecule has 0 saturated carbocycles. The molecule has 0 spiro atoms. The van der Waals surface area contributed by atoms with Gasteiger partial charge in [-0.2, -0.15) is 5.26 Å². The van der Waals surface area contributed by atoms with E-state index in [2.05, 4.69) is 11.1 Å². The maximum absolute atomic E-state index is 11.4. The topological polar surface area (TPSA) is 155 Å². The Kier molecular flexibility index (Phi) is 5.88. The average molecular weight is 458 g/mol. The Balaban J connectivity index is 1.67. The summed E-state index contributed by atoms with van der Waals surface area (Å²) in [5.74, 6) is 0.319. The third-order valence-corrected chi connectivity index (χ3v) is 4.71. The lowest BCUT2D eigenvalue weighted by Gasteiger charge is -2.11. The smallest absolute Gasteiger partial charge is 0.318 e. The van der Waals surface area contributed by atoms with E-state index in [0.29, 0.717) is 16.7 Å². The Morgan fingerprint density at radius 2 is 1.79 bits per heavy atom. The van der Waals surface area contributed by atoms with Gasteiger partial charge in [-0.3, -0.25) is 20.2 Å². The summed E-state index contributed by atoms with van der Waals surface area (Å²) in [6.07, 6.45) is 1.55. The first kappa shape index (κ1) is 22.0.